The van der Waals surface area contributed by atoms with Crippen molar-refractivity contribution in [2.45, 2.75) is 136 Å². The second kappa shape index (κ2) is 14.0. The number of oxime groups is 1. The van der Waals surface area contributed by atoms with Crippen LogP contribution in [0, 0.1) is 11.8 Å². The Morgan fingerprint density at radius 1 is 0.919 bits per heavy atom. The fourth-order valence-electron chi connectivity index (χ4n) is 5.03. The third-order valence-electron chi connectivity index (χ3n) is 6.77. The molecule has 0 radical (unpaired) electrons. The van der Waals surface area contributed by atoms with Gasteiger partial charge in [-0.15, -0.1) is 0 Å². The van der Waals surface area contributed by atoms with Crippen molar-refractivity contribution in [2.24, 2.45) is 22.7 Å². The Morgan fingerprint density at radius 2 is 1.54 bits per heavy atom. The highest BCUT2D eigenvalue weighted by molar-refractivity contribution is 5.89. The fraction of sp³-hybridized carbons (Fsp3) is 0.857. The molecule has 0 bridgehead atoms. The molecule has 1 aliphatic carbocycles. The monoisotopic (exact) mass is 523 g/mol. The molecular formula is C28H49N3O6. The van der Waals surface area contributed by atoms with Crippen molar-refractivity contribution in [2.75, 3.05) is 6.54 Å². The summed E-state index contributed by atoms with van der Waals surface area (Å²) >= 11 is 0. The van der Waals surface area contributed by atoms with Gasteiger partial charge in [0.05, 0.1) is 18.4 Å². The lowest BCUT2D eigenvalue weighted by molar-refractivity contribution is -0.161. The quantitative estimate of drug-likeness (QED) is 0.135. The van der Waals surface area contributed by atoms with Crippen molar-refractivity contribution in [1.29, 1.82) is 0 Å². The van der Waals surface area contributed by atoms with Gasteiger partial charge in [0, 0.05) is 6.54 Å². The molecule has 2 fully saturated rings. The summed E-state index contributed by atoms with van der Waals surface area (Å²) in [5, 5.41) is 3.92. The van der Waals surface area contributed by atoms with E-state index in [4.69, 9.17) is 20.0 Å². The van der Waals surface area contributed by atoms with E-state index in [9.17, 15) is 14.4 Å². The SMILES string of the molecule is CC(C)(C)OC(=O)CC(CCCC1CCCCC1)C(=O)O/N=C(\N)C1CCCCN1C(=O)OC(C)(C)C. The van der Waals surface area contributed by atoms with E-state index in [0.717, 1.165) is 25.7 Å². The average molecular weight is 524 g/mol. The molecule has 1 amide bonds. The highest BCUT2D eigenvalue weighted by Crippen LogP contribution is 2.29. The van der Waals surface area contributed by atoms with Crippen LogP contribution in [0.2, 0.25) is 0 Å². The van der Waals surface area contributed by atoms with E-state index in [1.54, 1.807) is 25.7 Å². The van der Waals surface area contributed by atoms with Crippen LogP contribution in [0.3, 0.4) is 0 Å². The van der Waals surface area contributed by atoms with Gasteiger partial charge in [-0.05, 0) is 73.1 Å². The fourth-order valence-corrected chi connectivity index (χ4v) is 5.03. The first-order chi connectivity index (χ1) is 17.2. The molecule has 0 aromatic carbocycles. The minimum atomic E-state index is -0.664. The van der Waals surface area contributed by atoms with Crippen LogP contribution in [-0.2, 0) is 23.9 Å². The van der Waals surface area contributed by atoms with Gasteiger partial charge in [-0.1, -0.05) is 50.1 Å². The largest absolute Gasteiger partial charge is 0.460 e. The molecule has 2 atom stereocenters. The first-order valence-corrected chi connectivity index (χ1v) is 14.0. The van der Waals surface area contributed by atoms with E-state index in [-0.39, 0.29) is 12.3 Å². The summed E-state index contributed by atoms with van der Waals surface area (Å²) in [5.41, 5.74) is 4.93. The summed E-state index contributed by atoms with van der Waals surface area (Å²) in [5.74, 6) is -0.962. The topological polar surface area (TPSA) is 121 Å². The van der Waals surface area contributed by atoms with Crippen LogP contribution < -0.4 is 5.73 Å². The van der Waals surface area contributed by atoms with Crippen molar-refractivity contribution in [3.63, 3.8) is 0 Å². The van der Waals surface area contributed by atoms with Gasteiger partial charge in [-0.3, -0.25) is 9.69 Å². The number of amidine groups is 1. The van der Waals surface area contributed by atoms with Crippen LogP contribution in [-0.4, -0.2) is 52.6 Å². The normalized spacial score (nSPS) is 20.8. The lowest BCUT2D eigenvalue weighted by Gasteiger charge is -2.36. The molecule has 1 saturated heterocycles. The van der Waals surface area contributed by atoms with E-state index in [1.807, 2.05) is 20.8 Å². The molecule has 2 rings (SSSR count). The number of carbonyl (C=O) groups is 3. The maximum atomic E-state index is 13.0. The summed E-state index contributed by atoms with van der Waals surface area (Å²) in [4.78, 5) is 45.0. The zero-order valence-corrected chi connectivity index (χ0v) is 23.8. The number of ether oxygens (including phenoxy) is 2. The zero-order valence-electron chi connectivity index (χ0n) is 23.8. The number of carbonyl (C=O) groups excluding carboxylic acids is 3. The standard InChI is InChI=1S/C28H49N3O6/c1-27(2,3)35-23(32)19-21(16-12-15-20-13-8-7-9-14-20)25(33)37-30-24(29)22-17-10-11-18-31(22)26(34)36-28(4,5)6/h20-22H,7-19H2,1-6H3,(H2,29,30). The number of amides is 1. The summed E-state index contributed by atoms with van der Waals surface area (Å²) < 4.78 is 11.0. The lowest BCUT2D eigenvalue weighted by Crippen LogP contribution is -2.52. The predicted octanol–water partition coefficient (Wildman–Crippen LogP) is 5.69. The molecule has 0 spiro atoms. The Balaban J connectivity index is 2.03. The number of nitrogens with two attached hydrogens (primary N) is 1. The van der Waals surface area contributed by atoms with Crippen LogP contribution in [0.4, 0.5) is 4.79 Å². The third kappa shape index (κ3) is 11.7. The van der Waals surface area contributed by atoms with Gasteiger partial charge in [0.15, 0.2) is 5.84 Å². The first kappa shape index (κ1) is 30.9. The van der Waals surface area contributed by atoms with E-state index in [2.05, 4.69) is 5.16 Å². The minimum Gasteiger partial charge on any atom is -0.460 e. The maximum Gasteiger partial charge on any atom is 0.410 e. The van der Waals surface area contributed by atoms with Gasteiger partial charge in [0.2, 0.25) is 0 Å². The van der Waals surface area contributed by atoms with Crippen LogP contribution in [0.5, 0.6) is 0 Å². The van der Waals surface area contributed by atoms with Crippen LogP contribution in [0.15, 0.2) is 5.16 Å². The average Bonchev–Trinajstić information content (AvgIpc) is 2.80. The molecule has 212 valence electrons. The summed E-state index contributed by atoms with van der Waals surface area (Å²) in [6, 6.07) is -0.507. The van der Waals surface area contributed by atoms with Gasteiger partial charge in [0.1, 0.15) is 11.2 Å². The van der Waals surface area contributed by atoms with Crippen LogP contribution in [0.25, 0.3) is 0 Å². The number of piperidine rings is 1. The number of esters is 1. The zero-order chi connectivity index (χ0) is 27.6. The first-order valence-electron chi connectivity index (χ1n) is 14.0. The van der Waals surface area contributed by atoms with Crippen molar-refractivity contribution < 1.29 is 28.7 Å². The molecule has 0 aromatic heterocycles. The number of nitrogens with zero attached hydrogens (tertiary/aromatic N) is 2. The summed E-state index contributed by atoms with van der Waals surface area (Å²) in [6.07, 6.45) is 10.5. The molecule has 2 aliphatic rings. The highest BCUT2D eigenvalue weighted by atomic mass is 16.7. The van der Waals surface area contributed by atoms with E-state index in [0.29, 0.717) is 25.3 Å². The molecular weight excluding hydrogens is 474 g/mol. The molecule has 0 aromatic rings. The number of likely N-dealkylation sites (tertiary alicyclic amines) is 1. The Hall–Kier alpha value is -2.32. The van der Waals surface area contributed by atoms with Crippen LogP contribution in [0.1, 0.15) is 119 Å². The Labute approximate surface area is 222 Å². The molecule has 37 heavy (non-hydrogen) atoms. The highest BCUT2D eigenvalue weighted by Gasteiger charge is 2.34. The molecule has 1 saturated carbocycles. The maximum absolute atomic E-state index is 13.0. The van der Waals surface area contributed by atoms with Gasteiger partial charge in [-0.25, -0.2) is 9.59 Å². The van der Waals surface area contributed by atoms with E-state index < -0.39 is 41.2 Å². The van der Waals surface area contributed by atoms with Crippen molar-refractivity contribution in [3.05, 3.63) is 0 Å². The number of hydrogen-bond acceptors (Lipinski definition) is 7. The number of hydrogen-bond donors (Lipinski definition) is 1. The number of rotatable bonds is 9. The smallest absolute Gasteiger partial charge is 0.410 e. The van der Waals surface area contributed by atoms with E-state index in [1.165, 1.54) is 32.1 Å². The lowest BCUT2D eigenvalue weighted by atomic mass is 9.84. The van der Waals surface area contributed by atoms with Gasteiger partial charge in [-0.2, -0.15) is 0 Å². The summed E-state index contributed by atoms with van der Waals surface area (Å²) in [7, 11) is 0. The van der Waals surface area contributed by atoms with Gasteiger partial charge >= 0.3 is 18.0 Å². The third-order valence-corrected chi connectivity index (χ3v) is 6.77. The summed E-state index contributed by atoms with van der Waals surface area (Å²) in [6.45, 7) is 11.3. The molecule has 1 aliphatic heterocycles. The Morgan fingerprint density at radius 3 is 2.16 bits per heavy atom. The second-order valence-corrected chi connectivity index (χ2v) is 12.5. The van der Waals surface area contributed by atoms with Crippen molar-refractivity contribution in [1.82, 2.24) is 4.90 Å². The molecule has 9 nitrogen and oxygen atoms in total. The Bertz CT molecular complexity index is 793. The predicted molar refractivity (Wildman–Crippen MR) is 143 cm³/mol. The minimum absolute atomic E-state index is 0.0529. The van der Waals surface area contributed by atoms with Crippen LogP contribution >= 0.6 is 0 Å². The molecule has 9 heteroatoms. The van der Waals surface area contributed by atoms with Gasteiger partial charge < -0.3 is 20.0 Å². The molecule has 1 heterocycles. The van der Waals surface area contributed by atoms with Gasteiger partial charge in [0.25, 0.3) is 0 Å². The van der Waals surface area contributed by atoms with Crippen molar-refractivity contribution >= 4 is 23.9 Å². The van der Waals surface area contributed by atoms with Crippen molar-refractivity contribution in [3.8, 4) is 0 Å². The molecule has 2 N–H and O–H groups in total. The van der Waals surface area contributed by atoms with E-state index >= 15 is 0 Å². The Kier molecular flexibility index (Phi) is 11.7. The second-order valence-electron chi connectivity index (χ2n) is 12.5. The molecule has 2 unspecified atom stereocenters.